The number of halogens is 2. The Morgan fingerprint density at radius 2 is 2.29 bits per heavy atom. The normalized spacial score (nSPS) is 28.6. The van der Waals surface area contributed by atoms with Crippen LogP contribution in [0.1, 0.15) is 19.3 Å². The third-order valence-electron chi connectivity index (χ3n) is 3.46. The minimum absolute atomic E-state index is 0.125. The van der Waals surface area contributed by atoms with Gasteiger partial charge in [-0.1, -0.05) is 13.2 Å². The van der Waals surface area contributed by atoms with E-state index in [0.717, 1.165) is 0 Å². The van der Waals surface area contributed by atoms with Crippen molar-refractivity contribution < 1.29 is 23.7 Å². The predicted molar refractivity (Wildman–Crippen MR) is 60.4 cm³/mol. The van der Waals surface area contributed by atoms with Gasteiger partial charge in [-0.2, -0.15) is 0 Å². The lowest BCUT2D eigenvalue weighted by atomic mass is 9.65. The molecular weight excluding hydrogens is 231 g/mol. The molecule has 1 aliphatic heterocycles. The fourth-order valence-corrected chi connectivity index (χ4v) is 2.47. The van der Waals surface area contributed by atoms with E-state index in [1.807, 2.05) is 0 Å². The van der Waals surface area contributed by atoms with E-state index >= 15 is 0 Å². The van der Waals surface area contributed by atoms with Crippen LogP contribution in [0.4, 0.5) is 8.78 Å². The smallest absolute Gasteiger partial charge is 0.321 e. The topological polar surface area (TPSA) is 69.6 Å². The molecule has 0 aromatic rings. The van der Waals surface area contributed by atoms with E-state index in [2.05, 4.69) is 5.32 Å². The average molecular weight is 249 g/mol. The summed E-state index contributed by atoms with van der Waals surface area (Å²) in [7, 11) is 0. The molecule has 1 heterocycles. The molecule has 1 aliphatic rings. The summed E-state index contributed by atoms with van der Waals surface area (Å²) in [4.78, 5) is 11.0. The Morgan fingerprint density at radius 1 is 1.65 bits per heavy atom. The maximum absolute atomic E-state index is 13.2. The summed E-state index contributed by atoms with van der Waals surface area (Å²) in [6.45, 7) is 1.36. The molecule has 17 heavy (non-hydrogen) atoms. The van der Waals surface area contributed by atoms with Crippen LogP contribution in [0.5, 0.6) is 0 Å². The Labute approximate surface area is 99.5 Å². The minimum atomic E-state index is -2.66. The van der Waals surface area contributed by atoms with Crippen molar-refractivity contribution in [2.75, 3.05) is 6.54 Å². The van der Waals surface area contributed by atoms with Crippen molar-refractivity contribution in [1.29, 1.82) is 0 Å². The van der Waals surface area contributed by atoms with Crippen molar-refractivity contribution in [2.24, 2.45) is 5.41 Å². The summed E-state index contributed by atoms with van der Waals surface area (Å²) in [6.07, 6.45) is -1.54. The summed E-state index contributed by atoms with van der Waals surface area (Å²) in [5.41, 5.74) is -1.49. The first-order chi connectivity index (χ1) is 7.90. The number of alkyl halides is 2. The van der Waals surface area contributed by atoms with E-state index in [-0.39, 0.29) is 12.8 Å². The number of carboxylic acid groups (broad SMARTS) is 1. The van der Waals surface area contributed by atoms with E-state index in [4.69, 9.17) is 10.1 Å². The molecule has 0 bridgehead atoms. The van der Waals surface area contributed by atoms with Crippen molar-refractivity contribution in [2.45, 2.75) is 44.9 Å². The molecule has 7 heteroatoms. The lowest BCUT2D eigenvalue weighted by molar-refractivity contribution is -0.146. The van der Waals surface area contributed by atoms with Crippen molar-refractivity contribution in [3.05, 3.63) is 0 Å². The molecule has 0 amide bonds. The van der Waals surface area contributed by atoms with Gasteiger partial charge >= 0.3 is 5.97 Å². The maximum atomic E-state index is 13.2. The lowest BCUT2D eigenvalue weighted by Gasteiger charge is -2.32. The second-order valence-corrected chi connectivity index (χ2v) is 4.75. The zero-order valence-electron chi connectivity index (χ0n) is 9.83. The average Bonchev–Trinajstić information content (AvgIpc) is 2.62. The van der Waals surface area contributed by atoms with E-state index in [9.17, 15) is 13.6 Å². The molecule has 0 aliphatic carbocycles. The van der Waals surface area contributed by atoms with Gasteiger partial charge in [0.1, 0.15) is 6.04 Å². The van der Waals surface area contributed by atoms with Crippen LogP contribution in [0.3, 0.4) is 0 Å². The molecule has 98 valence electrons. The van der Waals surface area contributed by atoms with Gasteiger partial charge in [-0.15, -0.1) is 0 Å². The number of hydrogen-bond donors (Lipinski definition) is 3. The highest BCUT2D eigenvalue weighted by Crippen LogP contribution is 2.42. The summed E-state index contributed by atoms with van der Waals surface area (Å²) in [5, 5.41) is 20.7. The molecule has 1 fully saturated rings. The molecule has 1 rings (SSSR count). The molecule has 4 nitrogen and oxygen atoms in total. The number of aliphatic carboxylic acids is 1. The van der Waals surface area contributed by atoms with E-state index in [1.54, 1.807) is 6.82 Å². The van der Waals surface area contributed by atoms with Crippen LogP contribution >= 0.6 is 0 Å². The van der Waals surface area contributed by atoms with Gasteiger partial charge in [-0.25, -0.2) is 8.78 Å². The standard InChI is InChI=1S/C10H18BF2NO3/c1-11(17)5-2-3-10(9(12)13)4-6-14-7(10)8(15)16/h7,9,14,17H,2-6H2,1H3,(H,15,16). The quantitative estimate of drug-likeness (QED) is 0.616. The molecule has 0 aromatic carbocycles. The molecular formula is C10H18BF2NO3. The van der Waals surface area contributed by atoms with Crippen molar-refractivity contribution in [3.8, 4) is 0 Å². The van der Waals surface area contributed by atoms with E-state index in [0.29, 0.717) is 19.3 Å². The fraction of sp³-hybridized carbons (Fsp3) is 0.900. The Balaban J connectivity index is 2.71. The molecule has 0 aromatic heterocycles. The van der Waals surface area contributed by atoms with Gasteiger partial charge in [-0.3, -0.25) is 4.79 Å². The SMILES string of the molecule is CB(O)CCCC1(C(F)F)CCNC1C(=O)O. The molecule has 2 unspecified atom stereocenters. The van der Waals surface area contributed by atoms with Gasteiger partial charge < -0.3 is 15.4 Å². The molecule has 3 N–H and O–H groups in total. The fourth-order valence-electron chi connectivity index (χ4n) is 2.47. The highest BCUT2D eigenvalue weighted by Gasteiger charge is 2.52. The molecule has 1 saturated heterocycles. The highest BCUT2D eigenvalue weighted by atomic mass is 19.3. The van der Waals surface area contributed by atoms with Crippen molar-refractivity contribution in [1.82, 2.24) is 5.32 Å². The second kappa shape index (κ2) is 5.77. The molecule has 0 radical (unpaired) electrons. The summed E-state index contributed by atoms with van der Waals surface area (Å²) in [5.74, 6) is -1.22. The summed E-state index contributed by atoms with van der Waals surface area (Å²) >= 11 is 0. The number of nitrogens with one attached hydrogen (secondary N) is 1. The monoisotopic (exact) mass is 249 g/mol. The largest absolute Gasteiger partial charge is 0.480 e. The first kappa shape index (κ1) is 14.4. The third-order valence-corrected chi connectivity index (χ3v) is 3.46. The van der Waals surface area contributed by atoms with Gasteiger partial charge in [-0.05, 0) is 25.7 Å². The van der Waals surface area contributed by atoms with E-state index < -0.39 is 30.8 Å². The van der Waals surface area contributed by atoms with Crippen LogP contribution in [-0.4, -0.2) is 42.0 Å². The van der Waals surface area contributed by atoms with Crippen molar-refractivity contribution >= 4 is 12.9 Å². The van der Waals surface area contributed by atoms with Crippen molar-refractivity contribution in [3.63, 3.8) is 0 Å². The summed E-state index contributed by atoms with van der Waals surface area (Å²) < 4.78 is 26.3. The maximum Gasteiger partial charge on any atom is 0.321 e. The predicted octanol–water partition coefficient (Wildman–Crippen LogP) is 1.08. The van der Waals surface area contributed by atoms with Gasteiger partial charge in [0.05, 0.1) is 5.41 Å². The number of carbonyl (C=O) groups is 1. The van der Waals surface area contributed by atoms with Crippen LogP contribution in [0.15, 0.2) is 0 Å². The Morgan fingerprint density at radius 3 is 2.76 bits per heavy atom. The second-order valence-electron chi connectivity index (χ2n) is 4.75. The van der Waals surface area contributed by atoms with Crippen LogP contribution in [0.25, 0.3) is 0 Å². The van der Waals surface area contributed by atoms with Crippen LogP contribution in [0.2, 0.25) is 13.1 Å². The zero-order chi connectivity index (χ0) is 13.1. The summed E-state index contributed by atoms with van der Waals surface area (Å²) in [6, 6.07) is -1.18. The first-order valence-electron chi connectivity index (χ1n) is 5.82. The van der Waals surface area contributed by atoms with E-state index in [1.165, 1.54) is 0 Å². The highest BCUT2D eigenvalue weighted by molar-refractivity contribution is 6.48. The van der Waals surface area contributed by atoms with Gasteiger partial charge in [0.2, 0.25) is 6.43 Å². The number of rotatable bonds is 6. The molecule has 0 spiro atoms. The lowest BCUT2D eigenvalue weighted by Crippen LogP contribution is -2.47. The van der Waals surface area contributed by atoms with Gasteiger partial charge in [0.15, 0.2) is 0 Å². The van der Waals surface area contributed by atoms with Gasteiger partial charge in [0, 0.05) is 0 Å². The Hall–Kier alpha value is -0.685. The van der Waals surface area contributed by atoms with Crippen LogP contribution in [0, 0.1) is 5.41 Å². The third kappa shape index (κ3) is 3.16. The molecule has 2 atom stereocenters. The Kier molecular flexibility index (Phi) is 4.88. The number of carboxylic acids is 1. The van der Waals surface area contributed by atoms with Crippen LogP contribution < -0.4 is 5.32 Å². The minimum Gasteiger partial charge on any atom is -0.480 e. The zero-order valence-corrected chi connectivity index (χ0v) is 9.83. The number of hydrogen-bond acceptors (Lipinski definition) is 3. The van der Waals surface area contributed by atoms with Gasteiger partial charge in [0.25, 0.3) is 6.92 Å². The Bertz CT molecular complexity index is 278. The first-order valence-corrected chi connectivity index (χ1v) is 5.82. The van der Waals surface area contributed by atoms with Crippen LogP contribution in [-0.2, 0) is 4.79 Å². The molecule has 0 saturated carbocycles.